The number of nitrogens with one attached hydrogen (secondary N) is 1. The second-order valence-electron chi connectivity index (χ2n) is 4.57. The summed E-state index contributed by atoms with van der Waals surface area (Å²) in [6.45, 7) is 5.12. The fourth-order valence-corrected chi connectivity index (χ4v) is 2.13. The first-order chi connectivity index (χ1) is 9.29. The summed E-state index contributed by atoms with van der Waals surface area (Å²) in [4.78, 5) is 2.31. The molecule has 2 N–H and O–H groups in total. The van der Waals surface area contributed by atoms with E-state index in [9.17, 15) is 10.4 Å². The van der Waals surface area contributed by atoms with Gasteiger partial charge in [0.15, 0.2) is 0 Å². The third-order valence-electron chi connectivity index (χ3n) is 3.21. The Morgan fingerprint density at radius 3 is 2.89 bits per heavy atom. The number of hydrogen-bond acceptors (Lipinski definition) is 5. The van der Waals surface area contributed by atoms with Gasteiger partial charge in [-0.05, 0) is 17.7 Å². The maximum absolute atomic E-state index is 9.43. The maximum Gasteiger partial charge on any atom is 0.121 e. The van der Waals surface area contributed by atoms with Crippen LogP contribution in [0, 0.1) is 11.3 Å². The molecule has 0 spiro atoms. The monoisotopic (exact) mass is 261 g/mol. The number of phenolic OH excluding ortho intramolecular Hbond substituents is 1. The number of aromatic hydroxyl groups is 1. The maximum atomic E-state index is 9.43. The van der Waals surface area contributed by atoms with Gasteiger partial charge < -0.3 is 9.84 Å². The van der Waals surface area contributed by atoms with Gasteiger partial charge in [0.1, 0.15) is 11.8 Å². The van der Waals surface area contributed by atoms with Crippen LogP contribution in [0.25, 0.3) is 0 Å². The van der Waals surface area contributed by atoms with Crippen molar-refractivity contribution in [1.29, 1.82) is 5.26 Å². The van der Waals surface area contributed by atoms with Crippen molar-refractivity contribution in [3.05, 3.63) is 29.8 Å². The van der Waals surface area contributed by atoms with Gasteiger partial charge in [0, 0.05) is 26.2 Å². The van der Waals surface area contributed by atoms with E-state index in [2.05, 4.69) is 16.3 Å². The summed E-state index contributed by atoms with van der Waals surface area (Å²) >= 11 is 0. The van der Waals surface area contributed by atoms with Crippen molar-refractivity contribution in [2.24, 2.45) is 0 Å². The van der Waals surface area contributed by atoms with E-state index in [0.29, 0.717) is 0 Å². The minimum atomic E-state index is -0.381. The zero-order chi connectivity index (χ0) is 13.5. The lowest BCUT2D eigenvalue weighted by Gasteiger charge is -2.27. The van der Waals surface area contributed by atoms with E-state index in [1.165, 1.54) is 0 Å². The van der Waals surface area contributed by atoms with E-state index in [1.807, 2.05) is 6.07 Å². The normalized spacial score (nSPS) is 17.8. The fourth-order valence-electron chi connectivity index (χ4n) is 2.13. The topological polar surface area (TPSA) is 68.5 Å². The Labute approximate surface area is 113 Å². The SMILES string of the molecule is N#CC(NCCN1CCOCC1)c1cccc(O)c1. The van der Waals surface area contributed by atoms with Crippen LogP contribution in [-0.2, 0) is 4.74 Å². The third kappa shape index (κ3) is 4.21. The van der Waals surface area contributed by atoms with Gasteiger partial charge >= 0.3 is 0 Å². The first-order valence-electron chi connectivity index (χ1n) is 6.51. The minimum Gasteiger partial charge on any atom is -0.508 e. The molecule has 1 fully saturated rings. The van der Waals surface area contributed by atoms with Crippen molar-refractivity contribution < 1.29 is 9.84 Å². The predicted octanol–water partition coefficient (Wildman–Crippen LogP) is 0.879. The summed E-state index contributed by atoms with van der Waals surface area (Å²) in [6, 6.07) is 8.65. The smallest absolute Gasteiger partial charge is 0.121 e. The van der Waals surface area contributed by atoms with Gasteiger partial charge in [-0.15, -0.1) is 0 Å². The number of nitriles is 1. The van der Waals surface area contributed by atoms with E-state index < -0.39 is 0 Å². The third-order valence-corrected chi connectivity index (χ3v) is 3.21. The highest BCUT2D eigenvalue weighted by atomic mass is 16.5. The van der Waals surface area contributed by atoms with Crippen LogP contribution in [0.15, 0.2) is 24.3 Å². The van der Waals surface area contributed by atoms with Gasteiger partial charge in [0.2, 0.25) is 0 Å². The molecule has 102 valence electrons. The van der Waals surface area contributed by atoms with Crippen molar-refractivity contribution in [2.75, 3.05) is 39.4 Å². The van der Waals surface area contributed by atoms with E-state index in [-0.39, 0.29) is 11.8 Å². The van der Waals surface area contributed by atoms with Crippen LogP contribution in [-0.4, -0.2) is 49.4 Å². The van der Waals surface area contributed by atoms with E-state index >= 15 is 0 Å². The molecular weight excluding hydrogens is 242 g/mol. The van der Waals surface area contributed by atoms with Crippen LogP contribution >= 0.6 is 0 Å². The van der Waals surface area contributed by atoms with Crippen LogP contribution in [0.4, 0.5) is 0 Å². The Kier molecular flexibility index (Phi) is 5.16. The first-order valence-corrected chi connectivity index (χ1v) is 6.51. The Balaban J connectivity index is 1.81. The van der Waals surface area contributed by atoms with Gasteiger partial charge in [0.05, 0.1) is 19.3 Å². The molecule has 0 amide bonds. The Bertz CT molecular complexity index is 439. The highest BCUT2D eigenvalue weighted by Gasteiger charge is 2.13. The molecule has 5 heteroatoms. The molecule has 1 aromatic carbocycles. The van der Waals surface area contributed by atoms with Crippen molar-refractivity contribution in [3.63, 3.8) is 0 Å². The van der Waals surface area contributed by atoms with E-state index in [4.69, 9.17) is 4.74 Å². The number of hydrogen-bond donors (Lipinski definition) is 2. The quantitative estimate of drug-likeness (QED) is 0.823. The fraction of sp³-hybridized carbons (Fsp3) is 0.500. The van der Waals surface area contributed by atoms with Crippen molar-refractivity contribution in [3.8, 4) is 11.8 Å². The average Bonchev–Trinajstić information content (AvgIpc) is 2.45. The first kappa shape index (κ1) is 13.8. The van der Waals surface area contributed by atoms with Crippen molar-refractivity contribution in [1.82, 2.24) is 10.2 Å². The molecule has 0 bridgehead atoms. The number of morpholine rings is 1. The van der Waals surface area contributed by atoms with Gasteiger partial charge in [-0.1, -0.05) is 12.1 Å². The predicted molar refractivity (Wildman–Crippen MR) is 71.7 cm³/mol. The standard InChI is InChI=1S/C14H19N3O2/c15-11-14(12-2-1-3-13(18)10-12)16-4-5-17-6-8-19-9-7-17/h1-3,10,14,16,18H,4-9H2. The summed E-state index contributed by atoms with van der Waals surface area (Å²) in [5.41, 5.74) is 0.796. The lowest BCUT2D eigenvalue weighted by atomic mass is 10.1. The molecule has 2 rings (SSSR count). The molecule has 1 heterocycles. The molecule has 0 saturated carbocycles. The molecule has 5 nitrogen and oxygen atoms in total. The zero-order valence-corrected chi connectivity index (χ0v) is 10.9. The number of ether oxygens (including phenoxy) is 1. The zero-order valence-electron chi connectivity index (χ0n) is 10.9. The molecule has 1 aliphatic rings. The molecular formula is C14H19N3O2. The van der Waals surface area contributed by atoms with E-state index in [1.54, 1.807) is 18.2 Å². The van der Waals surface area contributed by atoms with Crippen LogP contribution in [0.1, 0.15) is 11.6 Å². The molecule has 0 aromatic heterocycles. The Hall–Kier alpha value is -1.61. The van der Waals surface area contributed by atoms with Gasteiger partial charge in [0.25, 0.3) is 0 Å². The molecule has 1 unspecified atom stereocenters. The van der Waals surface area contributed by atoms with Crippen LogP contribution in [0.5, 0.6) is 5.75 Å². The summed E-state index contributed by atoms with van der Waals surface area (Å²) in [7, 11) is 0. The summed E-state index contributed by atoms with van der Waals surface area (Å²) < 4.78 is 5.29. The number of phenols is 1. The highest BCUT2D eigenvalue weighted by molar-refractivity contribution is 5.32. The second kappa shape index (κ2) is 7.10. The summed E-state index contributed by atoms with van der Waals surface area (Å²) in [6.07, 6.45) is 0. The van der Waals surface area contributed by atoms with Gasteiger partial charge in [-0.2, -0.15) is 5.26 Å². The second-order valence-corrected chi connectivity index (χ2v) is 4.57. The lowest BCUT2D eigenvalue weighted by Crippen LogP contribution is -2.40. The van der Waals surface area contributed by atoms with Crippen LogP contribution in [0.3, 0.4) is 0 Å². The number of nitrogens with zero attached hydrogens (tertiary/aromatic N) is 2. The minimum absolute atomic E-state index is 0.188. The van der Waals surface area contributed by atoms with Gasteiger partial charge in [-0.25, -0.2) is 0 Å². The van der Waals surface area contributed by atoms with Crippen LogP contribution < -0.4 is 5.32 Å². The largest absolute Gasteiger partial charge is 0.508 e. The summed E-state index contributed by atoms with van der Waals surface area (Å²) in [5.74, 6) is 0.188. The van der Waals surface area contributed by atoms with Gasteiger partial charge in [-0.3, -0.25) is 10.2 Å². The van der Waals surface area contributed by atoms with Crippen molar-refractivity contribution >= 4 is 0 Å². The molecule has 19 heavy (non-hydrogen) atoms. The summed E-state index contributed by atoms with van der Waals surface area (Å²) in [5, 5.41) is 21.8. The molecule has 1 aromatic rings. The van der Waals surface area contributed by atoms with E-state index in [0.717, 1.165) is 45.0 Å². The molecule has 1 aliphatic heterocycles. The number of rotatable bonds is 5. The highest BCUT2D eigenvalue weighted by Crippen LogP contribution is 2.17. The average molecular weight is 261 g/mol. The molecule has 0 radical (unpaired) electrons. The Morgan fingerprint density at radius 2 is 2.21 bits per heavy atom. The Morgan fingerprint density at radius 1 is 1.42 bits per heavy atom. The van der Waals surface area contributed by atoms with Crippen molar-refractivity contribution in [2.45, 2.75) is 6.04 Å². The lowest BCUT2D eigenvalue weighted by molar-refractivity contribution is 0.0383. The number of benzene rings is 1. The van der Waals surface area contributed by atoms with Crippen LogP contribution in [0.2, 0.25) is 0 Å². The molecule has 0 aliphatic carbocycles. The molecule has 1 saturated heterocycles. The molecule has 1 atom stereocenters.